The Kier molecular flexibility index (Phi) is 5.14. The second-order valence-corrected chi connectivity index (χ2v) is 6.19. The van der Waals surface area contributed by atoms with Crippen molar-refractivity contribution in [3.63, 3.8) is 0 Å². The van der Waals surface area contributed by atoms with Gasteiger partial charge in [0.25, 0.3) is 5.56 Å². The first-order chi connectivity index (χ1) is 12.0. The van der Waals surface area contributed by atoms with Gasteiger partial charge in [-0.15, -0.1) is 0 Å². The van der Waals surface area contributed by atoms with E-state index in [0.29, 0.717) is 11.6 Å². The SMILES string of the molecule is O=C(NCCn1ncccc1=O)C1CC(=O)N(c2ccc(Cl)cc2)C1. The van der Waals surface area contributed by atoms with Crippen molar-refractivity contribution in [3.05, 3.63) is 58.0 Å². The molecule has 3 rings (SSSR count). The van der Waals surface area contributed by atoms with E-state index in [1.807, 2.05) is 0 Å². The Morgan fingerprint density at radius 2 is 2.00 bits per heavy atom. The van der Waals surface area contributed by atoms with Gasteiger partial charge in [0.1, 0.15) is 0 Å². The molecule has 0 radical (unpaired) electrons. The molecule has 0 bridgehead atoms. The third kappa shape index (κ3) is 4.06. The molecule has 1 aliphatic heterocycles. The van der Waals surface area contributed by atoms with Crippen molar-refractivity contribution >= 4 is 29.1 Å². The van der Waals surface area contributed by atoms with Gasteiger partial charge in [-0.1, -0.05) is 11.6 Å². The zero-order valence-corrected chi connectivity index (χ0v) is 14.1. The number of rotatable bonds is 5. The number of hydrogen-bond donors (Lipinski definition) is 1. The van der Waals surface area contributed by atoms with Gasteiger partial charge >= 0.3 is 0 Å². The number of aromatic nitrogens is 2. The zero-order chi connectivity index (χ0) is 17.8. The lowest BCUT2D eigenvalue weighted by molar-refractivity contribution is -0.126. The minimum atomic E-state index is -0.413. The van der Waals surface area contributed by atoms with Crippen molar-refractivity contribution in [3.8, 4) is 0 Å². The highest BCUT2D eigenvalue weighted by atomic mass is 35.5. The largest absolute Gasteiger partial charge is 0.354 e. The van der Waals surface area contributed by atoms with Gasteiger partial charge in [0.15, 0.2) is 0 Å². The van der Waals surface area contributed by atoms with Crippen molar-refractivity contribution in [1.82, 2.24) is 15.1 Å². The molecule has 1 atom stereocenters. The van der Waals surface area contributed by atoms with Gasteiger partial charge in [-0.3, -0.25) is 14.4 Å². The fourth-order valence-corrected chi connectivity index (χ4v) is 2.86. The van der Waals surface area contributed by atoms with Crippen molar-refractivity contribution in [2.24, 2.45) is 5.92 Å². The molecule has 0 aliphatic carbocycles. The molecule has 25 heavy (non-hydrogen) atoms. The maximum Gasteiger partial charge on any atom is 0.266 e. The molecule has 2 amide bonds. The summed E-state index contributed by atoms with van der Waals surface area (Å²) < 4.78 is 1.28. The van der Waals surface area contributed by atoms with Gasteiger partial charge in [-0.2, -0.15) is 5.10 Å². The Morgan fingerprint density at radius 1 is 1.24 bits per heavy atom. The van der Waals surface area contributed by atoms with Crippen LogP contribution in [0, 0.1) is 5.92 Å². The number of anilines is 1. The molecular formula is C17H17ClN4O3. The summed E-state index contributed by atoms with van der Waals surface area (Å²) in [5, 5.41) is 7.28. The average Bonchev–Trinajstić information content (AvgIpc) is 2.99. The Morgan fingerprint density at radius 3 is 2.72 bits per heavy atom. The van der Waals surface area contributed by atoms with Crippen LogP contribution >= 0.6 is 11.6 Å². The van der Waals surface area contributed by atoms with Crippen LogP contribution in [0.15, 0.2) is 47.4 Å². The van der Waals surface area contributed by atoms with E-state index in [-0.39, 0.29) is 36.9 Å². The van der Waals surface area contributed by atoms with Crippen LogP contribution in [0.2, 0.25) is 5.02 Å². The summed E-state index contributed by atoms with van der Waals surface area (Å²) in [4.78, 5) is 37.6. The first-order valence-electron chi connectivity index (χ1n) is 7.90. The molecule has 7 nitrogen and oxygen atoms in total. The average molecular weight is 361 g/mol. The smallest absolute Gasteiger partial charge is 0.266 e. The molecule has 2 aromatic rings. The molecule has 0 spiro atoms. The Bertz CT molecular complexity index is 834. The first kappa shape index (κ1) is 17.2. The monoisotopic (exact) mass is 360 g/mol. The standard InChI is InChI=1S/C17H17ClN4O3/c18-13-3-5-14(6-4-13)21-11-12(10-16(21)24)17(25)19-8-9-22-15(23)2-1-7-20-22/h1-7,12H,8-11H2,(H,19,25). The molecule has 8 heteroatoms. The molecule has 1 aromatic carbocycles. The van der Waals surface area contributed by atoms with Gasteiger partial charge in [0.05, 0.1) is 12.5 Å². The molecule has 0 saturated carbocycles. The highest BCUT2D eigenvalue weighted by Gasteiger charge is 2.34. The third-order valence-electron chi connectivity index (χ3n) is 4.04. The lowest BCUT2D eigenvalue weighted by Crippen LogP contribution is -2.36. The lowest BCUT2D eigenvalue weighted by Gasteiger charge is -2.16. The Balaban J connectivity index is 1.55. The van der Waals surface area contributed by atoms with Gasteiger partial charge in [-0.05, 0) is 30.3 Å². The van der Waals surface area contributed by atoms with E-state index in [0.717, 1.165) is 5.69 Å². The van der Waals surface area contributed by atoms with Gasteiger partial charge in [0.2, 0.25) is 11.8 Å². The minimum absolute atomic E-state index is 0.0941. The zero-order valence-electron chi connectivity index (χ0n) is 13.4. The van der Waals surface area contributed by atoms with E-state index < -0.39 is 5.92 Å². The summed E-state index contributed by atoms with van der Waals surface area (Å²) in [6, 6.07) is 9.91. The quantitative estimate of drug-likeness (QED) is 0.864. The number of halogens is 1. The summed E-state index contributed by atoms with van der Waals surface area (Å²) in [6.45, 7) is 0.893. The highest BCUT2D eigenvalue weighted by molar-refractivity contribution is 6.30. The van der Waals surface area contributed by atoms with Crippen LogP contribution < -0.4 is 15.8 Å². The second kappa shape index (κ2) is 7.48. The van der Waals surface area contributed by atoms with Gasteiger partial charge < -0.3 is 10.2 Å². The molecule has 1 fully saturated rings. The van der Waals surface area contributed by atoms with Gasteiger partial charge in [-0.25, -0.2) is 4.68 Å². The second-order valence-electron chi connectivity index (χ2n) is 5.76. The van der Waals surface area contributed by atoms with Crippen LogP contribution in [0.4, 0.5) is 5.69 Å². The fraction of sp³-hybridized carbons (Fsp3) is 0.294. The topological polar surface area (TPSA) is 84.3 Å². The summed E-state index contributed by atoms with van der Waals surface area (Å²) in [5.41, 5.74) is 0.506. The summed E-state index contributed by atoms with van der Waals surface area (Å²) >= 11 is 5.86. The predicted octanol–water partition coefficient (Wildman–Crippen LogP) is 1.07. The van der Waals surface area contributed by atoms with Crippen molar-refractivity contribution in [1.29, 1.82) is 0 Å². The molecule has 1 N–H and O–H groups in total. The molecule has 2 heterocycles. The molecule has 1 aromatic heterocycles. The number of nitrogens with one attached hydrogen (secondary N) is 1. The number of nitrogens with zero attached hydrogens (tertiary/aromatic N) is 3. The van der Waals surface area contributed by atoms with Crippen molar-refractivity contribution in [2.75, 3.05) is 18.0 Å². The van der Waals surface area contributed by atoms with Crippen molar-refractivity contribution < 1.29 is 9.59 Å². The number of benzene rings is 1. The maximum atomic E-state index is 12.3. The third-order valence-corrected chi connectivity index (χ3v) is 4.29. The highest BCUT2D eigenvalue weighted by Crippen LogP contribution is 2.26. The first-order valence-corrected chi connectivity index (χ1v) is 8.28. The maximum absolute atomic E-state index is 12.3. The van der Waals surface area contributed by atoms with E-state index in [1.165, 1.54) is 16.9 Å². The van der Waals surface area contributed by atoms with E-state index >= 15 is 0 Å². The molecular weight excluding hydrogens is 344 g/mol. The Labute approximate surface area is 149 Å². The Hall–Kier alpha value is -2.67. The van der Waals surface area contributed by atoms with E-state index in [4.69, 9.17) is 11.6 Å². The van der Waals surface area contributed by atoms with Gasteiger partial charge in [0, 0.05) is 42.5 Å². The molecule has 130 valence electrons. The number of amides is 2. The predicted molar refractivity (Wildman–Crippen MR) is 93.4 cm³/mol. The van der Waals surface area contributed by atoms with Crippen LogP contribution in [0.3, 0.4) is 0 Å². The molecule has 1 saturated heterocycles. The fourth-order valence-electron chi connectivity index (χ4n) is 2.74. The summed E-state index contributed by atoms with van der Waals surface area (Å²) in [7, 11) is 0. The van der Waals surface area contributed by atoms with Crippen molar-refractivity contribution in [2.45, 2.75) is 13.0 Å². The van der Waals surface area contributed by atoms with E-state index in [1.54, 1.807) is 35.2 Å². The summed E-state index contributed by atoms with van der Waals surface area (Å²) in [6.07, 6.45) is 1.68. The normalized spacial score (nSPS) is 16.9. The number of carbonyl (C=O) groups excluding carboxylic acids is 2. The van der Waals surface area contributed by atoms with Crippen LogP contribution in [-0.2, 0) is 16.1 Å². The minimum Gasteiger partial charge on any atom is -0.354 e. The summed E-state index contributed by atoms with van der Waals surface area (Å²) in [5.74, 6) is -0.708. The van der Waals surface area contributed by atoms with E-state index in [9.17, 15) is 14.4 Å². The number of carbonyl (C=O) groups is 2. The van der Waals surface area contributed by atoms with E-state index in [2.05, 4.69) is 10.4 Å². The van der Waals surface area contributed by atoms with Crippen LogP contribution in [0.1, 0.15) is 6.42 Å². The van der Waals surface area contributed by atoms with Crippen LogP contribution in [0.25, 0.3) is 0 Å². The van der Waals surface area contributed by atoms with Crippen LogP contribution in [0.5, 0.6) is 0 Å². The van der Waals surface area contributed by atoms with Crippen LogP contribution in [-0.4, -0.2) is 34.7 Å². The molecule has 1 aliphatic rings. The molecule has 1 unspecified atom stereocenters. The lowest BCUT2D eigenvalue weighted by atomic mass is 10.1. The number of hydrogen-bond acceptors (Lipinski definition) is 4.